The Morgan fingerprint density at radius 2 is 1.85 bits per heavy atom. The summed E-state index contributed by atoms with van der Waals surface area (Å²) in [5, 5.41) is 17.5. The zero-order chi connectivity index (χ0) is 29.5. The average Bonchev–Trinajstić information content (AvgIpc) is 3.62. The predicted molar refractivity (Wildman–Crippen MR) is 153 cm³/mol. The molecule has 2 unspecified atom stereocenters. The Morgan fingerprint density at radius 3 is 2.54 bits per heavy atom. The van der Waals surface area contributed by atoms with E-state index in [0.29, 0.717) is 35.2 Å². The van der Waals surface area contributed by atoms with Gasteiger partial charge in [-0.05, 0) is 67.3 Å². The summed E-state index contributed by atoms with van der Waals surface area (Å²) < 4.78 is 14.9. The second-order valence-electron chi connectivity index (χ2n) is 11.0. The number of halogens is 1. The van der Waals surface area contributed by atoms with Crippen molar-refractivity contribution in [3.05, 3.63) is 71.2 Å². The standard InChI is InChI=1S/C30H37FN6O4/c1-17(2)13-24(28-33-16-25(35-28)18(3)29(39)40)34-26(38)15-19-10-11-23(22(31)14-19)36-30(41)37-27-21(9-6-12-32-27)20-7-4-5-8-20/h6,9-12,14,16-18,20,24H,4-5,7-8,13,15H2,1-3H3,(H,33,35)(H,34,38)(H,39,40)(H2,32,36,37,41). The van der Waals surface area contributed by atoms with Gasteiger partial charge in [0.25, 0.3) is 0 Å². The van der Waals surface area contributed by atoms with Crippen molar-refractivity contribution in [3.63, 3.8) is 0 Å². The van der Waals surface area contributed by atoms with Gasteiger partial charge in [0.15, 0.2) is 0 Å². The van der Waals surface area contributed by atoms with Crippen LogP contribution in [0.3, 0.4) is 0 Å². The summed E-state index contributed by atoms with van der Waals surface area (Å²) in [6.45, 7) is 5.56. The fourth-order valence-corrected chi connectivity index (χ4v) is 5.14. The van der Waals surface area contributed by atoms with Gasteiger partial charge in [-0.1, -0.05) is 38.8 Å². The Balaban J connectivity index is 1.37. The van der Waals surface area contributed by atoms with Crippen molar-refractivity contribution in [3.8, 4) is 0 Å². The molecule has 1 aromatic carbocycles. The van der Waals surface area contributed by atoms with Crippen molar-refractivity contribution < 1.29 is 23.9 Å². The number of anilines is 2. The molecule has 4 rings (SSSR count). The summed E-state index contributed by atoms with van der Waals surface area (Å²) in [5.41, 5.74) is 1.85. The van der Waals surface area contributed by atoms with Crippen molar-refractivity contribution in [1.82, 2.24) is 20.3 Å². The molecule has 3 amide bonds. The normalized spacial score (nSPS) is 15.0. The van der Waals surface area contributed by atoms with Crippen molar-refractivity contribution in [2.45, 2.75) is 77.2 Å². The number of hydrogen-bond donors (Lipinski definition) is 5. The minimum atomic E-state index is -0.979. The van der Waals surface area contributed by atoms with Crippen molar-refractivity contribution in [1.29, 1.82) is 0 Å². The lowest BCUT2D eigenvalue weighted by molar-refractivity contribution is -0.138. The first-order valence-corrected chi connectivity index (χ1v) is 14.0. The van der Waals surface area contributed by atoms with Crippen LogP contribution in [0.5, 0.6) is 0 Å². The third kappa shape index (κ3) is 7.90. The smallest absolute Gasteiger partial charge is 0.324 e. The third-order valence-electron chi connectivity index (χ3n) is 7.34. The van der Waals surface area contributed by atoms with E-state index in [2.05, 4.69) is 30.9 Å². The van der Waals surface area contributed by atoms with Gasteiger partial charge in [-0.15, -0.1) is 0 Å². The highest BCUT2D eigenvalue weighted by Gasteiger charge is 2.24. The molecular weight excluding hydrogens is 527 g/mol. The van der Waals surface area contributed by atoms with Crippen LogP contribution in [-0.4, -0.2) is 38.0 Å². The maximum atomic E-state index is 14.9. The van der Waals surface area contributed by atoms with Crippen LogP contribution in [0.2, 0.25) is 0 Å². The quantitative estimate of drug-likeness (QED) is 0.196. The first-order chi connectivity index (χ1) is 19.6. The van der Waals surface area contributed by atoms with E-state index in [1.165, 1.54) is 18.3 Å². The van der Waals surface area contributed by atoms with Gasteiger partial charge in [-0.2, -0.15) is 0 Å². The van der Waals surface area contributed by atoms with E-state index < -0.39 is 29.8 Å². The molecule has 0 bridgehead atoms. The van der Waals surface area contributed by atoms with Crippen LogP contribution in [0.15, 0.2) is 42.7 Å². The molecule has 2 atom stereocenters. The second-order valence-corrected chi connectivity index (χ2v) is 11.0. The van der Waals surface area contributed by atoms with Gasteiger partial charge >= 0.3 is 12.0 Å². The molecule has 5 N–H and O–H groups in total. The van der Waals surface area contributed by atoms with Gasteiger partial charge in [0.2, 0.25) is 5.91 Å². The maximum absolute atomic E-state index is 14.9. The molecule has 0 radical (unpaired) electrons. The molecular formula is C30H37FN6O4. The topological polar surface area (TPSA) is 149 Å². The number of carbonyl (C=O) groups excluding carboxylic acids is 2. The van der Waals surface area contributed by atoms with Gasteiger partial charge < -0.3 is 20.7 Å². The van der Waals surface area contributed by atoms with Crippen LogP contribution in [0.4, 0.5) is 20.7 Å². The number of amides is 3. The third-order valence-corrected chi connectivity index (χ3v) is 7.34. The molecule has 0 aliphatic heterocycles. The van der Waals surface area contributed by atoms with E-state index in [4.69, 9.17) is 0 Å². The fourth-order valence-electron chi connectivity index (χ4n) is 5.14. The number of aromatic amines is 1. The number of rotatable bonds is 11. The summed E-state index contributed by atoms with van der Waals surface area (Å²) in [7, 11) is 0. The Morgan fingerprint density at radius 1 is 1.10 bits per heavy atom. The molecule has 3 aromatic rings. The number of nitrogens with one attached hydrogen (secondary N) is 4. The minimum Gasteiger partial charge on any atom is -0.481 e. The van der Waals surface area contributed by atoms with Crippen molar-refractivity contribution in [2.75, 3.05) is 10.6 Å². The highest BCUT2D eigenvalue weighted by atomic mass is 19.1. The summed E-state index contributed by atoms with van der Waals surface area (Å²) in [5.74, 6) is -1.23. The number of carboxylic acid groups (broad SMARTS) is 1. The second kappa shape index (κ2) is 13.4. The SMILES string of the molecule is CC(C)CC(NC(=O)Cc1ccc(NC(=O)Nc2ncccc2C2CCCC2)c(F)c1)c1ncc(C(C)C(=O)O)[nH]1. The Bertz CT molecular complexity index is 1380. The molecule has 11 heteroatoms. The number of carbonyl (C=O) groups is 3. The van der Waals surface area contributed by atoms with Gasteiger partial charge in [0, 0.05) is 18.1 Å². The number of carboxylic acids is 1. The number of hydrogen-bond acceptors (Lipinski definition) is 5. The first-order valence-electron chi connectivity index (χ1n) is 14.0. The lowest BCUT2D eigenvalue weighted by Crippen LogP contribution is -2.31. The average molecular weight is 565 g/mol. The van der Waals surface area contributed by atoms with Crippen LogP contribution in [0.1, 0.15) is 93.4 Å². The zero-order valence-electron chi connectivity index (χ0n) is 23.5. The van der Waals surface area contributed by atoms with Crippen LogP contribution in [-0.2, 0) is 16.0 Å². The lowest BCUT2D eigenvalue weighted by atomic mass is 9.98. The van der Waals surface area contributed by atoms with E-state index in [1.54, 1.807) is 19.2 Å². The number of nitrogens with zero attached hydrogens (tertiary/aromatic N) is 2. The molecule has 1 saturated carbocycles. The monoisotopic (exact) mass is 564 g/mol. The molecule has 1 aliphatic rings. The van der Waals surface area contributed by atoms with Crippen molar-refractivity contribution in [2.24, 2.45) is 5.92 Å². The summed E-state index contributed by atoms with van der Waals surface area (Å²) >= 11 is 0. The van der Waals surface area contributed by atoms with E-state index in [1.807, 2.05) is 26.0 Å². The molecule has 10 nitrogen and oxygen atoms in total. The Labute approximate surface area is 238 Å². The number of urea groups is 1. The van der Waals surface area contributed by atoms with Gasteiger partial charge in [-0.3, -0.25) is 14.9 Å². The highest BCUT2D eigenvalue weighted by molar-refractivity contribution is 5.99. The number of H-pyrrole nitrogens is 1. The molecule has 2 heterocycles. The Hall–Kier alpha value is -4.28. The van der Waals surface area contributed by atoms with Gasteiger partial charge in [0.1, 0.15) is 17.5 Å². The van der Waals surface area contributed by atoms with Gasteiger partial charge in [-0.25, -0.2) is 19.2 Å². The molecule has 1 aliphatic carbocycles. The van der Waals surface area contributed by atoms with E-state index in [9.17, 15) is 23.9 Å². The van der Waals surface area contributed by atoms with E-state index in [0.717, 1.165) is 31.2 Å². The largest absolute Gasteiger partial charge is 0.481 e. The fraction of sp³-hybridized carbons (Fsp3) is 0.433. The molecule has 0 saturated heterocycles. The number of aliphatic carboxylic acids is 1. The molecule has 1 fully saturated rings. The molecule has 41 heavy (non-hydrogen) atoms. The van der Waals surface area contributed by atoms with Crippen LogP contribution < -0.4 is 16.0 Å². The maximum Gasteiger partial charge on any atom is 0.324 e. The number of benzene rings is 1. The number of pyridine rings is 1. The van der Waals surface area contributed by atoms with Crippen LogP contribution in [0.25, 0.3) is 0 Å². The molecule has 2 aromatic heterocycles. The summed E-state index contributed by atoms with van der Waals surface area (Å²) in [4.78, 5) is 48.5. The predicted octanol–water partition coefficient (Wildman–Crippen LogP) is 5.88. The van der Waals surface area contributed by atoms with Crippen molar-refractivity contribution >= 4 is 29.4 Å². The van der Waals surface area contributed by atoms with Gasteiger partial charge in [0.05, 0.1) is 24.1 Å². The first kappa shape index (κ1) is 29.7. The highest BCUT2D eigenvalue weighted by Crippen LogP contribution is 2.36. The minimum absolute atomic E-state index is 0.0154. The number of aromatic nitrogens is 3. The van der Waals surface area contributed by atoms with Crippen LogP contribution in [0, 0.1) is 11.7 Å². The number of imidazole rings is 1. The summed E-state index contributed by atoms with van der Waals surface area (Å²) in [6, 6.07) is 6.97. The zero-order valence-corrected chi connectivity index (χ0v) is 23.5. The Kier molecular flexibility index (Phi) is 9.69. The van der Waals surface area contributed by atoms with E-state index in [-0.39, 0.29) is 23.9 Å². The summed E-state index contributed by atoms with van der Waals surface area (Å²) in [6.07, 6.45) is 7.97. The molecule has 0 spiro atoms. The van der Waals surface area contributed by atoms with Crippen LogP contribution >= 0.6 is 0 Å². The lowest BCUT2D eigenvalue weighted by Gasteiger charge is -2.19. The molecule has 218 valence electrons. The van der Waals surface area contributed by atoms with E-state index >= 15 is 0 Å².